The van der Waals surface area contributed by atoms with Gasteiger partial charge >= 0.3 is 5.97 Å². The van der Waals surface area contributed by atoms with Crippen molar-refractivity contribution in [3.63, 3.8) is 0 Å². The fourth-order valence-corrected chi connectivity index (χ4v) is 1.96. The van der Waals surface area contributed by atoms with Crippen LogP contribution in [-0.4, -0.2) is 16.9 Å². The van der Waals surface area contributed by atoms with Gasteiger partial charge in [-0.15, -0.1) is 0 Å². The Morgan fingerprint density at radius 2 is 1.42 bits per heavy atom. The van der Waals surface area contributed by atoms with E-state index >= 15 is 0 Å². The van der Waals surface area contributed by atoms with Crippen LogP contribution in [0.3, 0.4) is 0 Å². The Morgan fingerprint density at radius 3 is 1.95 bits per heavy atom. The van der Waals surface area contributed by atoms with Crippen molar-refractivity contribution in [2.24, 2.45) is 0 Å². The summed E-state index contributed by atoms with van der Waals surface area (Å²) in [6, 6.07) is 17.6. The summed E-state index contributed by atoms with van der Waals surface area (Å²) in [5.74, 6) is -1.93. The molecule has 2 rings (SSSR count). The molecule has 0 fully saturated rings. The predicted octanol–water partition coefficient (Wildman–Crippen LogP) is 3.13. The molecule has 1 N–H and O–H groups in total. The second-order valence-electron chi connectivity index (χ2n) is 4.29. The summed E-state index contributed by atoms with van der Waals surface area (Å²) in [7, 11) is 0. The van der Waals surface area contributed by atoms with E-state index in [4.69, 9.17) is 0 Å². The summed E-state index contributed by atoms with van der Waals surface area (Å²) in [6.45, 7) is 0. The average Bonchev–Trinajstić information content (AvgIpc) is 2.46. The van der Waals surface area contributed by atoms with E-state index < -0.39 is 11.9 Å². The third kappa shape index (κ3) is 3.28. The van der Waals surface area contributed by atoms with Gasteiger partial charge in [-0.3, -0.25) is 9.59 Å². The smallest absolute Gasteiger partial charge is 0.311 e. The zero-order chi connectivity index (χ0) is 13.7. The maximum absolute atomic E-state index is 12.1. The normalized spacial score (nSPS) is 11.8. The molecule has 3 nitrogen and oxygen atoms in total. The van der Waals surface area contributed by atoms with E-state index in [1.165, 1.54) is 0 Å². The third-order valence-corrected chi connectivity index (χ3v) is 2.99. The van der Waals surface area contributed by atoms with Crippen LogP contribution < -0.4 is 0 Å². The topological polar surface area (TPSA) is 54.4 Å². The van der Waals surface area contributed by atoms with Gasteiger partial charge in [-0.2, -0.15) is 0 Å². The minimum absolute atomic E-state index is 0.0244. The lowest BCUT2D eigenvalue weighted by Gasteiger charge is -2.11. The van der Waals surface area contributed by atoms with Crippen molar-refractivity contribution < 1.29 is 14.7 Å². The number of carboxylic acid groups (broad SMARTS) is 1. The summed E-state index contributed by atoms with van der Waals surface area (Å²) in [4.78, 5) is 23.4. The Bertz CT molecular complexity index is 561. The van der Waals surface area contributed by atoms with Crippen LogP contribution in [0.25, 0.3) is 0 Å². The minimum Gasteiger partial charge on any atom is -0.481 e. The first-order chi connectivity index (χ1) is 9.18. The van der Waals surface area contributed by atoms with Gasteiger partial charge < -0.3 is 5.11 Å². The zero-order valence-electron chi connectivity index (χ0n) is 10.3. The van der Waals surface area contributed by atoms with Gasteiger partial charge in [0.2, 0.25) is 0 Å². The van der Waals surface area contributed by atoms with Gasteiger partial charge in [-0.1, -0.05) is 60.7 Å². The van der Waals surface area contributed by atoms with Crippen molar-refractivity contribution >= 4 is 11.8 Å². The van der Waals surface area contributed by atoms with Gasteiger partial charge in [-0.05, 0) is 5.56 Å². The Hall–Kier alpha value is -2.42. The van der Waals surface area contributed by atoms with Crippen LogP contribution in [0.5, 0.6) is 0 Å². The molecule has 0 radical (unpaired) electrons. The van der Waals surface area contributed by atoms with Crippen molar-refractivity contribution in [2.75, 3.05) is 0 Å². The SMILES string of the molecule is O=C(C[C@@H](C(=O)O)c1ccccc1)c1ccccc1. The maximum atomic E-state index is 12.1. The molecule has 0 aliphatic carbocycles. The van der Waals surface area contributed by atoms with Crippen LogP contribution in [-0.2, 0) is 4.79 Å². The van der Waals surface area contributed by atoms with Gasteiger partial charge in [-0.25, -0.2) is 0 Å². The molecule has 19 heavy (non-hydrogen) atoms. The molecular formula is C16H14O3. The predicted molar refractivity (Wildman–Crippen MR) is 72.2 cm³/mol. The Kier molecular flexibility index (Phi) is 4.08. The van der Waals surface area contributed by atoms with Gasteiger partial charge in [0.05, 0.1) is 5.92 Å². The van der Waals surface area contributed by atoms with Crippen LogP contribution >= 0.6 is 0 Å². The number of carbonyl (C=O) groups excluding carboxylic acids is 1. The highest BCUT2D eigenvalue weighted by molar-refractivity contribution is 5.99. The van der Waals surface area contributed by atoms with E-state index in [1.807, 2.05) is 12.1 Å². The molecule has 0 bridgehead atoms. The molecule has 1 atom stereocenters. The summed E-state index contributed by atoms with van der Waals surface area (Å²) < 4.78 is 0. The second-order valence-corrected chi connectivity index (χ2v) is 4.29. The molecule has 0 aromatic heterocycles. The number of Topliss-reactive ketones (excluding diaryl/α,β-unsaturated/α-hetero) is 1. The number of hydrogen-bond donors (Lipinski definition) is 1. The molecule has 0 spiro atoms. The van der Waals surface area contributed by atoms with Crippen LogP contribution in [0.1, 0.15) is 28.3 Å². The van der Waals surface area contributed by atoms with Crippen molar-refractivity contribution in [3.8, 4) is 0 Å². The van der Waals surface area contributed by atoms with Crippen molar-refractivity contribution in [1.29, 1.82) is 0 Å². The highest BCUT2D eigenvalue weighted by Crippen LogP contribution is 2.22. The van der Waals surface area contributed by atoms with Gasteiger partial charge in [0.15, 0.2) is 5.78 Å². The van der Waals surface area contributed by atoms with Crippen LogP contribution in [0.2, 0.25) is 0 Å². The number of carboxylic acids is 1. The standard InChI is InChI=1S/C16H14O3/c17-15(13-9-5-2-6-10-13)11-14(16(18)19)12-7-3-1-4-8-12/h1-10,14H,11H2,(H,18,19)/t14-/m1/s1. The zero-order valence-corrected chi connectivity index (χ0v) is 10.3. The molecular weight excluding hydrogens is 240 g/mol. The van der Waals surface area contributed by atoms with Gasteiger partial charge in [0, 0.05) is 12.0 Å². The number of ketones is 1. The highest BCUT2D eigenvalue weighted by atomic mass is 16.4. The van der Waals surface area contributed by atoms with Gasteiger partial charge in [0.1, 0.15) is 0 Å². The van der Waals surface area contributed by atoms with E-state index in [2.05, 4.69) is 0 Å². The quantitative estimate of drug-likeness (QED) is 0.834. The lowest BCUT2D eigenvalue weighted by atomic mass is 9.92. The molecule has 0 heterocycles. The number of hydrogen-bond acceptors (Lipinski definition) is 2. The first-order valence-electron chi connectivity index (χ1n) is 6.04. The fraction of sp³-hybridized carbons (Fsp3) is 0.125. The second kappa shape index (κ2) is 5.96. The summed E-state index contributed by atoms with van der Waals surface area (Å²) >= 11 is 0. The number of rotatable bonds is 5. The fourth-order valence-electron chi connectivity index (χ4n) is 1.96. The Labute approximate surface area is 111 Å². The monoisotopic (exact) mass is 254 g/mol. The average molecular weight is 254 g/mol. The Morgan fingerprint density at radius 1 is 0.895 bits per heavy atom. The molecule has 3 heteroatoms. The molecule has 0 aliphatic rings. The molecule has 96 valence electrons. The van der Waals surface area contributed by atoms with Crippen LogP contribution in [0.15, 0.2) is 60.7 Å². The molecule has 0 amide bonds. The van der Waals surface area contributed by atoms with E-state index in [0.29, 0.717) is 11.1 Å². The first-order valence-corrected chi connectivity index (χ1v) is 6.04. The van der Waals surface area contributed by atoms with E-state index in [0.717, 1.165) is 0 Å². The lowest BCUT2D eigenvalue weighted by Crippen LogP contribution is -2.16. The van der Waals surface area contributed by atoms with E-state index in [-0.39, 0.29) is 12.2 Å². The number of aliphatic carboxylic acids is 1. The molecule has 2 aromatic carbocycles. The van der Waals surface area contributed by atoms with Crippen molar-refractivity contribution in [2.45, 2.75) is 12.3 Å². The minimum atomic E-state index is -0.976. The third-order valence-electron chi connectivity index (χ3n) is 2.99. The molecule has 0 unspecified atom stereocenters. The Balaban J connectivity index is 2.19. The summed E-state index contributed by atoms with van der Waals surface area (Å²) in [6.07, 6.45) is -0.0244. The molecule has 0 aliphatic heterocycles. The van der Waals surface area contributed by atoms with Crippen molar-refractivity contribution in [3.05, 3.63) is 71.8 Å². The lowest BCUT2D eigenvalue weighted by molar-refractivity contribution is -0.138. The van der Waals surface area contributed by atoms with Crippen LogP contribution in [0, 0.1) is 0 Å². The number of benzene rings is 2. The van der Waals surface area contributed by atoms with Crippen molar-refractivity contribution in [1.82, 2.24) is 0 Å². The van der Waals surface area contributed by atoms with Crippen LogP contribution in [0.4, 0.5) is 0 Å². The van der Waals surface area contributed by atoms with E-state index in [9.17, 15) is 14.7 Å². The maximum Gasteiger partial charge on any atom is 0.311 e. The molecule has 0 saturated carbocycles. The van der Waals surface area contributed by atoms with Gasteiger partial charge in [0.25, 0.3) is 0 Å². The highest BCUT2D eigenvalue weighted by Gasteiger charge is 2.23. The summed E-state index contributed by atoms with van der Waals surface area (Å²) in [5.41, 5.74) is 1.20. The first kappa shape index (κ1) is 13.0. The number of carbonyl (C=O) groups is 2. The largest absolute Gasteiger partial charge is 0.481 e. The van der Waals surface area contributed by atoms with E-state index in [1.54, 1.807) is 48.5 Å². The molecule has 2 aromatic rings. The molecule has 0 saturated heterocycles. The summed E-state index contributed by atoms with van der Waals surface area (Å²) in [5, 5.41) is 9.27.